The Morgan fingerprint density at radius 1 is 0.905 bits per heavy atom. The largest absolute Gasteiger partial charge is 0.392 e. The van der Waals surface area contributed by atoms with Gasteiger partial charge in [-0.3, -0.25) is 0 Å². The van der Waals surface area contributed by atoms with Gasteiger partial charge < -0.3 is 5.11 Å². The Morgan fingerprint density at radius 3 is 2.05 bits per heavy atom. The van der Waals surface area contributed by atoms with Gasteiger partial charge >= 0.3 is 0 Å². The first-order valence-corrected chi connectivity index (χ1v) is 9.23. The Bertz CT molecular complexity index is 501. The van der Waals surface area contributed by atoms with E-state index in [4.69, 9.17) is 0 Å². The minimum atomic E-state index is -0.253. The number of hydrogen-bond donors (Lipinski definition) is 1. The van der Waals surface area contributed by atoms with Crippen LogP contribution in [0.2, 0.25) is 0 Å². The second kappa shape index (κ2) is 9.19. The molecule has 0 spiro atoms. The SMILES string of the molecule is CCC[C@@H](O)[C@H](CSc1ccccc1)Sc1ccccc1. The molecule has 112 valence electrons. The minimum absolute atomic E-state index is 0.220. The van der Waals surface area contributed by atoms with Crippen molar-refractivity contribution in [3.8, 4) is 0 Å². The van der Waals surface area contributed by atoms with E-state index in [-0.39, 0.29) is 11.4 Å². The van der Waals surface area contributed by atoms with E-state index in [1.807, 2.05) is 23.9 Å². The Labute approximate surface area is 136 Å². The van der Waals surface area contributed by atoms with Crippen molar-refractivity contribution in [2.75, 3.05) is 5.75 Å². The second-order valence-corrected chi connectivity index (χ2v) is 7.36. The molecule has 0 bridgehead atoms. The molecule has 0 aromatic heterocycles. The van der Waals surface area contributed by atoms with Crippen molar-refractivity contribution in [3.63, 3.8) is 0 Å². The molecular weight excluding hydrogens is 296 g/mol. The Balaban J connectivity index is 1.98. The molecule has 0 amide bonds. The van der Waals surface area contributed by atoms with Gasteiger partial charge in [-0.05, 0) is 30.7 Å². The molecule has 0 saturated carbocycles. The third-order valence-corrected chi connectivity index (χ3v) is 5.87. The summed E-state index contributed by atoms with van der Waals surface area (Å²) in [6.45, 7) is 2.12. The van der Waals surface area contributed by atoms with Crippen LogP contribution in [0.1, 0.15) is 19.8 Å². The average molecular weight is 319 g/mol. The number of aliphatic hydroxyl groups excluding tert-OH is 1. The maximum Gasteiger partial charge on any atom is 0.0670 e. The minimum Gasteiger partial charge on any atom is -0.392 e. The molecule has 0 aliphatic heterocycles. The molecule has 0 fully saturated rings. The molecule has 0 heterocycles. The molecule has 2 atom stereocenters. The van der Waals surface area contributed by atoms with Crippen molar-refractivity contribution in [1.29, 1.82) is 0 Å². The van der Waals surface area contributed by atoms with Crippen LogP contribution < -0.4 is 0 Å². The van der Waals surface area contributed by atoms with Crippen LogP contribution in [0.5, 0.6) is 0 Å². The van der Waals surface area contributed by atoms with Gasteiger partial charge in [0.05, 0.1) is 6.10 Å². The van der Waals surface area contributed by atoms with Gasteiger partial charge in [0.1, 0.15) is 0 Å². The molecule has 1 N–H and O–H groups in total. The van der Waals surface area contributed by atoms with Gasteiger partial charge in [-0.1, -0.05) is 49.7 Å². The molecule has 0 saturated heterocycles. The molecule has 2 aromatic carbocycles. The lowest BCUT2D eigenvalue weighted by Gasteiger charge is -2.22. The summed E-state index contributed by atoms with van der Waals surface area (Å²) < 4.78 is 0. The van der Waals surface area contributed by atoms with E-state index in [1.54, 1.807) is 11.8 Å². The molecule has 0 aliphatic rings. The van der Waals surface area contributed by atoms with Crippen LogP contribution >= 0.6 is 23.5 Å². The van der Waals surface area contributed by atoms with Gasteiger partial charge in [-0.2, -0.15) is 0 Å². The number of aliphatic hydroxyl groups is 1. The fourth-order valence-electron chi connectivity index (χ4n) is 2.07. The van der Waals surface area contributed by atoms with Gasteiger partial charge in [-0.15, -0.1) is 23.5 Å². The molecule has 3 heteroatoms. The summed E-state index contributed by atoms with van der Waals surface area (Å²) in [7, 11) is 0. The standard InChI is InChI=1S/C18H22OS2/c1-2-9-17(19)18(21-16-12-7-4-8-13-16)14-20-15-10-5-3-6-11-15/h3-8,10-13,17-19H,2,9,14H2,1H3/t17-,18+/m1/s1. The maximum absolute atomic E-state index is 10.4. The summed E-state index contributed by atoms with van der Waals surface area (Å²) in [5, 5.41) is 10.6. The van der Waals surface area contributed by atoms with Gasteiger partial charge in [0.15, 0.2) is 0 Å². The van der Waals surface area contributed by atoms with E-state index in [0.29, 0.717) is 0 Å². The lowest BCUT2D eigenvalue weighted by Crippen LogP contribution is -2.25. The zero-order chi connectivity index (χ0) is 14.9. The average Bonchev–Trinajstić information content (AvgIpc) is 2.53. The highest BCUT2D eigenvalue weighted by Crippen LogP contribution is 2.31. The van der Waals surface area contributed by atoms with Crippen LogP contribution in [0.15, 0.2) is 70.5 Å². The molecular formula is C18H22OS2. The smallest absolute Gasteiger partial charge is 0.0670 e. The first-order chi connectivity index (χ1) is 10.3. The Hall–Kier alpha value is -0.900. The summed E-state index contributed by atoms with van der Waals surface area (Å²) in [5.41, 5.74) is 0. The van der Waals surface area contributed by atoms with Crippen molar-refractivity contribution in [1.82, 2.24) is 0 Å². The fourth-order valence-corrected chi connectivity index (χ4v) is 4.44. The molecule has 0 radical (unpaired) electrons. The molecule has 21 heavy (non-hydrogen) atoms. The van der Waals surface area contributed by atoms with Crippen LogP contribution in [0.3, 0.4) is 0 Å². The molecule has 0 unspecified atom stereocenters. The van der Waals surface area contributed by atoms with Crippen LogP contribution in [-0.4, -0.2) is 22.2 Å². The highest BCUT2D eigenvalue weighted by molar-refractivity contribution is 8.03. The monoisotopic (exact) mass is 318 g/mol. The van der Waals surface area contributed by atoms with Crippen molar-refractivity contribution in [2.24, 2.45) is 0 Å². The quantitative estimate of drug-likeness (QED) is 0.684. The summed E-state index contributed by atoms with van der Waals surface area (Å²) in [6.07, 6.45) is 1.62. The van der Waals surface area contributed by atoms with E-state index < -0.39 is 0 Å². The molecule has 2 aromatic rings. The maximum atomic E-state index is 10.4. The highest BCUT2D eigenvalue weighted by Gasteiger charge is 2.20. The van der Waals surface area contributed by atoms with E-state index in [1.165, 1.54) is 9.79 Å². The van der Waals surface area contributed by atoms with Gasteiger partial charge in [-0.25, -0.2) is 0 Å². The summed E-state index contributed by atoms with van der Waals surface area (Å²) in [5.74, 6) is 0.921. The topological polar surface area (TPSA) is 20.2 Å². The van der Waals surface area contributed by atoms with E-state index >= 15 is 0 Å². The summed E-state index contributed by atoms with van der Waals surface area (Å²) >= 11 is 3.61. The van der Waals surface area contributed by atoms with Crippen molar-refractivity contribution >= 4 is 23.5 Å². The lowest BCUT2D eigenvalue weighted by atomic mass is 10.1. The number of benzene rings is 2. The normalized spacial score (nSPS) is 13.8. The number of thioether (sulfide) groups is 2. The van der Waals surface area contributed by atoms with Crippen LogP contribution in [0, 0.1) is 0 Å². The lowest BCUT2D eigenvalue weighted by molar-refractivity contribution is 0.166. The number of rotatable bonds is 8. The molecule has 0 aliphatic carbocycles. The van der Waals surface area contributed by atoms with E-state index in [0.717, 1.165) is 18.6 Å². The first-order valence-electron chi connectivity index (χ1n) is 7.37. The third-order valence-electron chi connectivity index (χ3n) is 3.20. The van der Waals surface area contributed by atoms with Crippen LogP contribution in [0.25, 0.3) is 0 Å². The van der Waals surface area contributed by atoms with E-state index in [2.05, 4.69) is 55.5 Å². The third kappa shape index (κ3) is 5.77. The van der Waals surface area contributed by atoms with Gasteiger partial charge in [0, 0.05) is 20.8 Å². The second-order valence-electron chi connectivity index (χ2n) is 4.95. The summed E-state index contributed by atoms with van der Waals surface area (Å²) in [4.78, 5) is 2.49. The highest BCUT2D eigenvalue weighted by atomic mass is 32.2. The van der Waals surface area contributed by atoms with Gasteiger partial charge in [0.2, 0.25) is 0 Å². The van der Waals surface area contributed by atoms with Crippen LogP contribution in [-0.2, 0) is 0 Å². The zero-order valence-corrected chi connectivity index (χ0v) is 13.9. The van der Waals surface area contributed by atoms with E-state index in [9.17, 15) is 5.11 Å². The van der Waals surface area contributed by atoms with Crippen molar-refractivity contribution in [3.05, 3.63) is 60.7 Å². The van der Waals surface area contributed by atoms with Crippen LogP contribution in [0.4, 0.5) is 0 Å². The first kappa shape index (κ1) is 16.5. The van der Waals surface area contributed by atoms with Gasteiger partial charge in [0.25, 0.3) is 0 Å². The predicted octanol–water partition coefficient (Wildman–Crippen LogP) is 5.10. The molecule has 2 rings (SSSR count). The molecule has 1 nitrogen and oxygen atoms in total. The van der Waals surface area contributed by atoms with Crippen molar-refractivity contribution in [2.45, 2.75) is 40.9 Å². The summed E-state index contributed by atoms with van der Waals surface area (Å²) in [6, 6.07) is 20.8. The predicted molar refractivity (Wildman–Crippen MR) is 94.2 cm³/mol. The fraction of sp³-hybridized carbons (Fsp3) is 0.333. The Kier molecular flexibility index (Phi) is 7.20. The Morgan fingerprint density at radius 2 is 1.48 bits per heavy atom. The zero-order valence-electron chi connectivity index (χ0n) is 12.3. The van der Waals surface area contributed by atoms with Crippen molar-refractivity contribution < 1.29 is 5.11 Å². The number of hydrogen-bond acceptors (Lipinski definition) is 3.